The lowest BCUT2D eigenvalue weighted by Gasteiger charge is -2.43. The van der Waals surface area contributed by atoms with Gasteiger partial charge in [-0.3, -0.25) is 0 Å². The molecule has 0 bridgehead atoms. The summed E-state index contributed by atoms with van der Waals surface area (Å²) < 4.78 is 6.43. The number of halogens is 1. The smallest absolute Gasteiger partial charge is 0.224 e. The summed E-state index contributed by atoms with van der Waals surface area (Å²) in [5, 5.41) is 2.96. The van der Waals surface area contributed by atoms with Crippen LogP contribution < -0.4 is 10.2 Å². The summed E-state index contributed by atoms with van der Waals surface area (Å²) in [4.78, 5) is 10.9. The fraction of sp³-hybridized carbons (Fsp3) is 0.636. The summed E-state index contributed by atoms with van der Waals surface area (Å²) in [5.41, 5.74) is -0.0554. The Bertz CT molecular complexity index is 410. The first-order valence-corrected chi connectivity index (χ1v) is 6.39. The van der Waals surface area contributed by atoms with Crippen molar-refractivity contribution in [2.24, 2.45) is 0 Å². The SMILES string of the molecule is CNc1ncc(Br)c(N2CCOCC2(C)C)n1. The molecule has 0 unspecified atom stereocenters. The lowest BCUT2D eigenvalue weighted by atomic mass is 10.0. The minimum atomic E-state index is -0.0554. The molecule has 1 aromatic heterocycles. The van der Waals surface area contributed by atoms with Crippen LogP contribution in [0.2, 0.25) is 0 Å². The number of hydrogen-bond acceptors (Lipinski definition) is 5. The maximum atomic E-state index is 5.52. The van der Waals surface area contributed by atoms with E-state index in [4.69, 9.17) is 4.74 Å². The summed E-state index contributed by atoms with van der Waals surface area (Å²) in [5.74, 6) is 1.54. The average molecular weight is 301 g/mol. The lowest BCUT2D eigenvalue weighted by Crippen LogP contribution is -2.53. The van der Waals surface area contributed by atoms with E-state index in [0.29, 0.717) is 12.6 Å². The van der Waals surface area contributed by atoms with Crippen LogP contribution in [0.3, 0.4) is 0 Å². The second kappa shape index (κ2) is 4.78. The van der Waals surface area contributed by atoms with Gasteiger partial charge in [0, 0.05) is 19.8 Å². The van der Waals surface area contributed by atoms with Crippen LogP contribution in [0.4, 0.5) is 11.8 Å². The lowest BCUT2D eigenvalue weighted by molar-refractivity contribution is 0.0638. The van der Waals surface area contributed by atoms with E-state index in [2.05, 4.69) is 50.0 Å². The van der Waals surface area contributed by atoms with E-state index in [9.17, 15) is 0 Å². The first-order chi connectivity index (χ1) is 8.04. The molecule has 0 atom stereocenters. The van der Waals surface area contributed by atoms with Gasteiger partial charge in [0.2, 0.25) is 5.95 Å². The molecule has 17 heavy (non-hydrogen) atoms. The van der Waals surface area contributed by atoms with E-state index in [-0.39, 0.29) is 5.54 Å². The third kappa shape index (κ3) is 2.52. The zero-order valence-electron chi connectivity index (χ0n) is 10.3. The predicted octanol–water partition coefficient (Wildman–Crippen LogP) is 1.90. The van der Waals surface area contributed by atoms with Gasteiger partial charge in [-0.15, -0.1) is 0 Å². The Kier molecular flexibility index (Phi) is 3.53. The van der Waals surface area contributed by atoms with Gasteiger partial charge < -0.3 is 15.0 Å². The predicted molar refractivity (Wildman–Crippen MR) is 71.5 cm³/mol. The number of anilines is 2. The van der Waals surface area contributed by atoms with Crippen molar-refractivity contribution in [3.8, 4) is 0 Å². The minimum Gasteiger partial charge on any atom is -0.377 e. The number of aromatic nitrogens is 2. The molecule has 1 aliphatic rings. The fourth-order valence-electron chi connectivity index (χ4n) is 1.92. The minimum absolute atomic E-state index is 0.0554. The number of nitrogens with zero attached hydrogens (tertiary/aromatic N) is 3. The number of morpholine rings is 1. The van der Waals surface area contributed by atoms with Gasteiger partial charge in [0.1, 0.15) is 5.82 Å². The molecule has 2 heterocycles. The van der Waals surface area contributed by atoms with Gasteiger partial charge >= 0.3 is 0 Å². The molecule has 0 radical (unpaired) electrons. The standard InChI is InChI=1S/C11H17BrN4O/c1-11(2)7-17-5-4-16(11)9-8(12)6-14-10(13-3)15-9/h6H,4-5,7H2,1-3H3,(H,13,14,15). The molecule has 2 rings (SSSR count). The van der Waals surface area contributed by atoms with E-state index in [1.165, 1.54) is 0 Å². The van der Waals surface area contributed by atoms with Crippen LogP contribution in [-0.2, 0) is 4.74 Å². The topological polar surface area (TPSA) is 50.3 Å². The third-order valence-corrected chi connectivity index (χ3v) is 3.41. The van der Waals surface area contributed by atoms with E-state index < -0.39 is 0 Å². The molecule has 94 valence electrons. The van der Waals surface area contributed by atoms with Crippen molar-refractivity contribution in [1.29, 1.82) is 0 Å². The molecule has 1 fully saturated rings. The van der Waals surface area contributed by atoms with Crippen molar-refractivity contribution in [2.75, 3.05) is 37.0 Å². The quantitative estimate of drug-likeness (QED) is 0.904. The zero-order valence-corrected chi connectivity index (χ0v) is 11.9. The molecule has 6 heteroatoms. The molecule has 0 aromatic carbocycles. The summed E-state index contributed by atoms with van der Waals surface area (Å²) in [7, 11) is 1.82. The Labute approximate surface area is 110 Å². The Morgan fingerprint density at radius 1 is 1.53 bits per heavy atom. The van der Waals surface area contributed by atoms with Gasteiger partial charge in [-0.25, -0.2) is 4.98 Å². The van der Waals surface area contributed by atoms with Gasteiger partial charge in [-0.2, -0.15) is 4.98 Å². The second-order valence-corrected chi connectivity index (χ2v) is 5.49. The molecule has 0 amide bonds. The van der Waals surface area contributed by atoms with Gasteiger partial charge in [-0.1, -0.05) is 0 Å². The number of nitrogens with one attached hydrogen (secondary N) is 1. The zero-order chi connectivity index (χ0) is 12.5. The maximum Gasteiger partial charge on any atom is 0.224 e. The highest BCUT2D eigenvalue weighted by atomic mass is 79.9. The summed E-state index contributed by atoms with van der Waals surface area (Å²) in [6.45, 7) is 6.58. The van der Waals surface area contributed by atoms with E-state index >= 15 is 0 Å². The highest BCUT2D eigenvalue weighted by Gasteiger charge is 2.32. The summed E-state index contributed by atoms with van der Waals surface area (Å²) in [6, 6.07) is 0. The number of rotatable bonds is 2. The van der Waals surface area contributed by atoms with Crippen LogP contribution in [0.1, 0.15) is 13.8 Å². The molecular formula is C11H17BrN4O. The van der Waals surface area contributed by atoms with Crippen molar-refractivity contribution in [3.05, 3.63) is 10.7 Å². The Balaban J connectivity index is 2.37. The van der Waals surface area contributed by atoms with Gasteiger partial charge in [0.05, 0.1) is 23.2 Å². The van der Waals surface area contributed by atoms with Crippen LogP contribution in [0.15, 0.2) is 10.7 Å². The van der Waals surface area contributed by atoms with Crippen LogP contribution in [0.5, 0.6) is 0 Å². The molecular weight excluding hydrogens is 284 g/mol. The normalized spacial score (nSPS) is 19.2. The van der Waals surface area contributed by atoms with E-state index in [0.717, 1.165) is 23.4 Å². The third-order valence-electron chi connectivity index (χ3n) is 2.85. The summed E-state index contributed by atoms with van der Waals surface area (Å²) >= 11 is 3.51. The van der Waals surface area contributed by atoms with Crippen LogP contribution in [-0.4, -0.2) is 42.3 Å². The monoisotopic (exact) mass is 300 g/mol. The van der Waals surface area contributed by atoms with Crippen molar-refractivity contribution in [2.45, 2.75) is 19.4 Å². The van der Waals surface area contributed by atoms with Crippen molar-refractivity contribution in [1.82, 2.24) is 9.97 Å². The largest absolute Gasteiger partial charge is 0.377 e. The van der Waals surface area contributed by atoms with Crippen LogP contribution >= 0.6 is 15.9 Å². The Hall–Kier alpha value is -0.880. The van der Waals surface area contributed by atoms with Crippen LogP contribution in [0, 0.1) is 0 Å². The van der Waals surface area contributed by atoms with E-state index in [1.807, 2.05) is 7.05 Å². The van der Waals surface area contributed by atoms with Crippen molar-refractivity contribution >= 4 is 27.7 Å². The van der Waals surface area contributed by atoms with E-state index in [1.54, 1.807) is 6.20 Å². The van der Waals surface area contributed by atoms with Gasteiger partial charge in [0.25, 0.3) is 0 Å². The van der Waals surface area contributed by atoms with Crippen molar-refractivity contribution < 1.29 is 4.74 Å². The van der Waals surface area contributed by atoms with Crippen LogP contribution in [0.25, 0.3) is 0 Å². The average Bonchev–Trinajstić information content (AvgIpc) is 2.30. The first-order valence-electron chi connectivity index (χ1n) is 5.60. The molecule has 5 nitrogen and oxygen atoms in total. The van der Waals surface area contributed by atoms with Gasteiger partial charge in [-0.05, 0) is 29.8 Å². The second-order valence-electron chi connectivity index (χ2n) is 4.63. The Morgan fingerprint density at radius 3 is 2.94 bits per heavy atom. The first kappa shape index (κ1) is 12.6. The molecule has 0 saturated carbocycles. The van der Waals surface area contributed by atoms with Crippen molar-refractivity contribution in [3.63, 3.8) is 0 Å². The highest BCUT2D eigenvalue weighted by Crippen LogP contribution is 2.31. The van der Waals surface area contributed by atoms with Gasteiger partial charge in [0.15, 0.2) is 0 Å². The molecule has 0 spiro atoms. The summed E-state index contributed by atoms with van der Waals surface area (Å²) in [6.07, 6.45) is 1.78. The highest BCUT2D eigenvalue weighted by molar-refractivity contribution is 9.10. The maximum absolute atomic E-state index is 5.52. The number of ether oxygens (including phenoxy) is 1. The molecule has 1 aliphatic heterocycles. The fourth-order valence-corrected chi connectivity index (χ4v) is 2.32. The Morgan fingerprint density at radius 2 is 2.29 bits per heavy atom. The molecule has 1 saturated heterocycles. The molecule has 0 aliphatic carbocycles. The number of hydrogen-bond donors (Lipinski definition) is 1. The molecule has 1 N–H and O–H groups in total. The molecule has 1 aromatic rings.